The summed E-state index contributed by atoms with van der Waals surface area (Å²) in [5.74, 6) is 1.27. The highest BCUT2D eigenvalue weighted by Crippen LogP contribution is 2.23. The summed E-state index contributed by atoms with van der Waals surface area (Å²) in [5.41, 5.74) is 7.32. The van der Waals surface area contributed by atoms with Gasteiger partial charge in [-0.25, -0.2) is 4.98 Å². The molecule has 0 fully saturated rings. The molecular formula is C10H10N6. The third-order valence-electron chi connectivity index (χ3n) is 2.45. The lowest BCUT2D eigenvalue weighted by molar-refractivity contribution is 0.838. The van der Waals surface area contributed by atoms with Gasteiger partial charge in [0, 0.05) is 6.20 Å². The van der Waals surface area contributed by atoms with E-state index in [-0.39, 0.29) is 0 Å². The molecule has 0 bridgehead atoms. The minimum atomic E-state index is 0.537. The number of aromatic nitrogens is 5. The lowest BCUT2D eigenvalue weighted by Gasteiger charge is -1.98. The summed E-state index contributed by atoms with van der Waals surface area (Å²) in [6.07, 6.45) is 1.72. The van der Waals surface area contributed by atoms with Gasteiger partial charge in [0.15, 0.2) is 11.5 Å². The van der Waals surface area contributed by atoms with Gasteiger partial charge in [0.1, 0.15) is 5.82 Å². The van der Waals surface area contributed by atoms with E-state index in [1.54, 1.807) is 10.9 Å². The average Bonchev–Trinajstić information content (AvgIpc) is 2.83. The zero-order valence-electron chi connectivity index (χ0n) is 8.68. The van der Waals surface area contributed by atoms with Crippen molar-refractivity contribution in [3.8, 4) is 5.82 Å². The van der Waals surface area contributed by atoms with Crippen molar-refractivity contribution in [2.24, 2.45) is 0 Å². The van der Waals surface area contributed by atoms with Gasteiger partial charge in [0.25, 0.3) is 0 Å². The first-order chi connectivity index (χ1) is 7.77. The fourth-order valence-corrected chi connectivity index (χ4v) is 1.74. The molecule has 0 radical (unpaired) electrons. The summed E-state index contributed by atoms with van der Waals surface area (Å²) < 4.78 is 1.68. The number of aromatic amines is 1. The number of anilines is 1. The van der Waals surface area contributed by atoms with Crippen LogP contribution in [-0.4, -0.2) is 25.0 Å². The van der Waals surface area contributed by atoms with Crippen LogP contribution in [0.15, 0.2) is 24.4 Å². The molecule has 3 rings (SSSR count). The van der Waals surface area contributed by atoms with E-state index in [1.165, 1.54) is 0 Å². The highest BCUT2D eigenvalue weighted by atomic mass is 15.4. The Balaban J connectivity index is 2.33. The Morgan fingerprint density at radius 1 is 1.38 bits per heavy atom. The number of pyridine rings is 1. The summed E-state index contributed by atoms with van der Waals surface area (Å²) in [6.45, 7) is 1.90. The molecule has 0 aromatic carbocycles. The second-order valence-electron chi connectivity index (χ2n) is 3.52. The summed E-state index contributed by atoms with van der Waals surface area (Å²) >= 11 is 0. The molecule has 0 atom stereocenters. The Bertz CT molecular complexity index is 636. The SMILES string of the molecule is Cc1nn(-c2ccccn2)c2n[nH]c(N)c12. The number of nitrogens with zero attached hydrogens (tertiary/aromatic N) is 4. The molecule has 0 aliphatic rings. The molecule has 0 aliphatic carbocycles. The molecule has 0 saturated carbocycles. The summed E-state index contributed by atoms with van der Waals surface area (Å²) in [7, 11) is 0. The van der Waals surface area contributed by atoms with Crippen LogP contribution in [0.2, 0.25) is 0 Å². The third-order valence-corrected chi connectivity index (χ3v) is 2.45. The van der Waals surface area contributed by atoms with Gasteiger partial charge in [0.05, 0.1) is 11.1 Å². The normalized spacial score (nSPS) is 11.1. The maximum absolute atomic E-state index is 5.78. The van der Waals surface area contributed by atoms with Gasteiger partial charge >= 0.3 is 0 Å². The predicted octanol–water partition coefficient (Wildman–Crippen LogP) is 1.03. The van der Waals surface area contributed by atoms with Gasteiger partial charge in [-0.05, 0) is 19.1 Å². The molecule has 0 saturated heterocycles. The number of hydrogen-bond acceptors (Lipinski definition) is 4. The van der Waals surface area contributed by atoms with E-state index in [1.807, 2.05) is 25.1 Å². The van der Waals surface area contributed by atoms with Crippen molar-refractivity contribution >= 4 is 16.9 Å². The van der Waals surface area contributed by atoms with E-state index in [4.69, 9.17) is 5.73 Å². The number of nitrogens with two attached hydrogens (primary N) is 1. The standard InChI is InChI=1S/C10H10N6/c1-6-8-9(11)13-14-10(8)16(15-6)7-4-2-3-5-12-7/h2-5H,1H3,(H3,11,13,14). The van der Waals surface area contributed by atoms with Crippen molar-refractivity contribution < 1.29 is 0 Å². The Kier molecular flexibility index (Phi) is 1.70. The van der Waals surface area contributed by atoms with Gasteiger partial charge in [-0.3, -0.25) is 5.10 Å². The molecule has 3 heterocycles. The van der Waals surface area contributed by atoms with Crippen molar-refractivity contribution in [3.63, 3.8) is 0 Å². The number of aryl methyl sites for hydroxylation is 1. The van der Waals surface area contributed by atoms with Crippen LogP contribution in [0.4, 0.5) is 5.82 Å². The molecule has 3 aromatic rings. The number of fused-ring (bicyclic) bond motifs is 1. The van der Waals surface area contributed by atoms with Crippen LogP contribution < -0.4 is 5.73 Å². The smallest absolute Gasteiger partial charge is 0.188 e. The lowest BCUT2D eigenvalue weighted by atomic mass is 10.3. The first-order valence-corrected chi connectivity index (χ1v) is 4.88. The van der Waals surface area contributed by atoms with E-state index in [9.17, 15) is 0 Å². The number of nitrogen functional groups attached to an aromatic ring is 1. The van der Waals surface area contributed by atoms with Crippen LogP contribution in [0, 0.1) is 6.92 Å². The van der Waals surface area contributed by atoms with Crippen LogP contribution in [0.1, 0.15) is 5.69 Å². The second kappa shape index (κ2) is 3.06. The fourth-order valence-electron chi connectivity index (χ4n) is 1.74. The van der Waals surface area contributed by atoms with Crippen molar-refractivity contribution in [1.29, 1.82) is 0 Å². The molecule has 0 spiro atoms. The van der Waals surface area contributed by atoms with Crippen LogP contribution in [0.25, 0.3) is 16.9 Å². The lowest BCUT2D eigenvalue weighted by Crippen LogP contribution is -1.99. The fraction of sp³-hybridized carbons (Fsp3) is 0.100. The molecule has 3 N–H and O–H groups in total. The van der Waals surface area contributed by atoms with Gasteiger partial charge < -0.3 is 5.73 Å². The molecule has 3 aromatic heterocycles. The summed E-state index contributed by atoms with van der Waals surface area (Å²) in [5, 5.41) is 12.1. The zero-order valence-corrected chi connectivity index (χ0v) is 8.68. The number of hydrogen-bond donors (Lipinski definition) is 2. The average molecular weight is 214 g/mol. The van der Waals surface area contributed by atoms with Crippen LogP contribution >= 0.6 is 0 Å². The van der Waals surface area contributed by atoms with E-state index < -0.39 is 0 Å². The van der Waals surface area contributed by atoms with Crippen molar-refractivity contribution in [1.82, 2.24) is 25.0 Å². The summed E-state index contributed by atoms with van der Waals surface area (Å²) in [4.78, 5) is 4.23. The van der Waals surface area contributed by atoms with E-state index in [2.05, 4.69) is 20.3 Å². The van der Waals surface area contributed by atoms with E-state index in [0.717, 1.165) is 16.9 Å². The Hall–Kier alpha value is -2.37. The largest absolute Gasteiger partial charge is 0.383 e. The molecule has 0 amide bonds. The first kappa shape index (κ1) is 8.90. The van der Waals surface area contributed by atoms with Gasteiger partial charge in [-0.15, -0.1) is 0 Å². The minimum Gasteiger partial charge on any atom is -0.383 e. The van der Waals surface area contributed by atoms with Crippen LogP contribution in [0.3, 0.4) is 0 Å². The highest BCUT2D eigenvalue weighted by Gasteiger charge is 2.14. The maximum Gasteiger partial charge on any atom is 0.188 e. The zero-order chi connectivity index (χ0) is 11.1. The van der Waals surface area contributed by atoms with Gasteiger partial charge in [-0.2, -0.15) is 14.9 Å². The second-order valence-corrected chi connectivity index (χ2v) is 3.52. The Morgan fingerprint density at radius 2 is 2.25 bits per heavy atom. The monoisotopic (exact) mass is 214 g/mol. The predicted molar refractivity (Wildman–Crippen MR) is 60.2 cm³/mol. The van der Waals surface area contributed by atoms with Crippen molar-refractivity contribution in [2.45, 2.75) is 6.92 Å². The maximum atomic E-state index is 5.78. The van der Waals surface area contributed by atoms with Gasteiger partial charge in [0.2, 0.25) is 0 Å². The quantitative estimate of drug-likeness (QED) is 0.633. The number of H-pyrrole nitrogens is 1. The highest BCUT2D eigenvalue weighted by molar-refractivity contribution is 5.89. The van der Waals surface area contributed by atoms with Gasteiger partial charge in [-0.1, -0.05) is 6.07 Å². The first-order valence-electron chi connectivity index (χ1n) is 4.88. The molecule has 0 aliphatic heterocycles. The van der Waals surface area contributed by atoms with E-state index in [0.29, 0.717) is 11.5 Å². The molecular weight excluding hydrogens is 204 g/mol. The van der Waals surface area contributed by atoms with E-state index >= 15 is 0 Å². The Morgan fingerprint density at radius 3 is 3.00 bits per heavy atom. The summed E-state index contributed by atoms with van der Waals surface area (Å²) in [6, 6.07) is 5.63. The van der Waals surface area contributed by atoms with Crippen LogP contribution in [0.5, 0.6) is 0 Å². The molecule has 0 unspecified atom stereocenters. The molecule has 80 valence electrons. The number of rotatable bonds is 1. The minimum absolute atomic E-state index is 0.537. The topological polar surface area (TPSA) is 85.4 Å². The van der Waals surface area contributed by atoms with Crippen molar-refractivity contribution in [3.05, 3.63) is 30.1 Å². The molecule has 16 heavy (non-hydrogen) atoms. The van der Waals surface area contributed by atoms with Crippen molar-refractivity contribution in [2.75, 3.05) is 5.73 Å². The number of nitrogens with one attached hydrogen (secondary N) is 1. The molecule has 6 heteroatoms. The molecule has 6 nitrogen and oxygen atoms in total. The third kappa shape index (κ3) is 1.10. The Labute approximate surface area is 91.1 Å². The van der Waals surface area contributed by atoms with Crippen LogP contribution in [-0.2, 0) is 0 Å².